The normalized spacial score (nSPS) is 11.8. The van der Waals surface area contributed by atoms with Gasteiger partial charge in [-0.15, -0.1) is 0 Å². The van der Waals surface area contributed by atoms with Crippen LogP contribution in [0.2, 0.25) is 0 Å². The number of hydrogen-bond acceptors (Lipinski definition) is 8. The van der Waals surface area contributed by atoms with E-state index < -0.39 is 26.6 Å². The highest BCUT2D eigenvalue weighted by molar-refractivity contribution is 7.72. The molecule has 0 saturated carbocycles. The molecule has 0 N–H and O–H groups in total. The lowest BCUT2D eigenvalue weighted by molar-refractivity contribution is 0.0600. The number of carbonyl (C=O) groups excluding carboxylic acids is 1. The lowest BCUT2D eigenvalue weighted by Crippen LogP contribution is -2.20. The Morgan fingerprint density at radius 1 is 0.479 bits per heavy atom. The van der Waals surface area contributed by atoms with Crippen LogP contribution in [-0.2, 0) is 64.8 Å². The van der Waals surface area contributed by atoms with Gasteiger partial charge in [0.25, 0.3) is 0 Å². The SMILES string of the molecule is COC(=O)c1ccc(CC(P(=O)(OCc2ccccc2)OCc2ccccc2)P(=O)(OCc2ccccc2)OCc2ccccc2)cc1. The first-order chi connectivity index (χ1) is 23.4. The summed E-state index contributed by atoms with van der Waals surface area (Å²) in [6, 6.07) is 43.7. The van der Waals surface area contributed by atoms with Crippen LogP contribution >= 0.6 is 15.2 Å². The quantitative estimate of drug-likeness (QED) is 0.0706. The summed E-state index contributed by atoms with van der Waals surface area (Å²) in [5.74, 6) is -0.496. The molecule has 0 radical (unpaired) electrons. The minimum Gasteiger partial charge on any atom is -0.465 e. The Labute approximate surface area is 281 Å². The second-order valence-electron chi connectivity index (χ2n) is 11.0. The molecule has 0 unspecified atom stereocenters. The maximum absolute atomic E-state index is 15.3. The van der Waals surface area contributed by atoms with Crippen LogP contribution in [0.1, 0.15) is 38.2 Å². The molecular formula is C38H38O8P2. The average Bonchev–Trinajstić information content (AvgIpc) is 3.15. The molecule has 248 valence electrons. The smallest absolute Gasteiger partial charge is 0.346 e. The molecule has 0 fully saturated rings. The van der Waals surface area contributed by atoms with E-state index in [2.05, 4.69) is 0 Å². The highest BCUT2D eigenvalue weighted by Gasteiger charge is 2.51. The van der Waals surface area contributed by atoms with Crippen molar-refractivity contribution in [1.82, 2.24) is 0 Å². The third-order valence-electron chi connectivity index (χ3n) is 7.54. The van der Waals surface area contributed by atoms with Gasteiger partial charge < -0.3 is 22.8 Å². The van der Waals surface area contributed by atoms with Crippen molar-refractivity contribution in [1.29, 1.82) is 0 Å². The van der Waals surface area contributed by atoms with Gasteiger partial charge in [0.05, 0.1) is 39.1 Å². The summed E-state index contributed by atoms with van der Waals surface area (Å²) in [6.45, 7) is -0.270. The van der Waals surface area contributed by atoms with E-state index in [1.54, 1.807) is 24.3 Å². The molecule has 5 rings (SSSR count). The summed E-state index contributed by atoms with van der Waals surface area (Å²) in [7, 11) is -7.36. The fourth-order valence-electron chi connectivity index (χ4n) is 4.88. The molecule has 0 aliphatic carbocycles. The molecule has 0 bridgehead atoms. The van der Waals surface area contributed by atoms with E-state index in [9.17, 15) is 4.79 Å². The van der Waals surface area contributed by atoms with E-state index in [-0.39, 0.29) is 32.8 Å². The van der Waals surface area contributed by atoms with Crippen molar-refractivity contribution < 1.29 is 36.8 Å². The zero-order chi connectivity index (χ0) is 33.7. The Hall–Kier alpha value is -4.13. The number of rotatable bonds is 17. The second kappa shape index (κ2) is 17.3. The van der Waals surface area contributed by atoms with Crippen LogP contribution in [0, 0.1) is 0 Å². The van der Waals surface area contributed by atoms with Crippen LogP contribution in [-0.4, -0.2) is 18.5 Å². The maximum atomic E-state index is 15.3. The Bertz CT molecular complexity index is 1600. The minimum atomic E-state index is -4.33. The van der Waals surface area contributed by atoms with Crippen molar-refractivity contribution >= 4 is 21.2 Å². The zero-order valence-electron chi connectivity index (χ0n) is 26.6. The summed E-state index contributed by atoms with van der Waals surface area (Å²) in [5.41, 5.74) is 3.98. The molecule has 0 atom stereocenters. The fourth-order valence-corrected chi connectivity index (χ4v) is 10.1. The van der Waals surface area contributed by atoms with E-state index in [0.717, 1.165) is 22.3 Å². The first kappa shape index (κ1) is 35.2. The van der Waals surface area contributed by atoms with Crippen LogP contribution in [0.3, 0.4) is 0 Å². The lowest BCUT2D eigenvalue weighted by Gasteiger charge is -2.32. The van der Waals surface area contributed by atoms with Gasteiger partial charge in [-0.05, 0) is 46.4 Å². The predicted molar refractivity (Wildman–Crippen MR) is 185 cm³/mol. The number of esters is 1. The van der Waals surface area contributed by atoms with Crippen molar-refractivity contribution in [3.05, 3.63) is 179 Å². The summed E-state index contributed by atoms with van der Waals surface area (Å²) < 4.78 is 60.4. The molecule has 0 saturated heterocycles. The van der Waals surface area contributed by atoms with Gasteiger partial charge in [0.1, 0.15) is 0 Å². The number of hydrogen-bond donors (Lipinski definition) is 0. The number of carbonyl (C=O) groups is 1. The van der Waals surface area contributed by atoms with Gasteiger partial charge in [-0.1, -0.05) is 133 Å². The third kappa shape index (κ3) is 9.94. The van der Waals surface area contributed by atoms with Crippen LogP contribution in [0.4, 0.5) is 0 Å². The molecule has 0 amide bonds. The lowest BCUT2D eigenvalue weighted by atomic mass is 10.1. The van der Waals surface area contributed by atoms with E-state index in [1.165, 1.54) is 7.11 Å². The summed E-state index contributed by atoms with van der Waals surface area (Å²) in [5, 5.41) is -1.38. The molecule has 10 heteroatoms. The molecule has 0 aliphatic heterocycles. The summed E-state index contributed by atoms with van der Waals surface area (Å²) in [4.78, 5) is 12.2. The Balaban J connectivity index is 1.57. The van der Waals surface area contributed by atoms with Crippen LogP contribution < -0.4 is 0 Å². The van der Waals surface area contributed by atoms with Crippen LogP contribution in [0.5, 0.6) is 0 Å². The molecule has 0 spiro atoms. The highest BCUT2D eigenvalue weighted by atomic mass is 31.2. The topological polar surface area (TPSA) is 97.4 Å². The van der Waals surface area contributed by atoms with E-state index in [0.29, 0.717) is 11.1 Å². The van der Waals surface area contributed by atoms with Crippen molar-refractivity contribution in [2.45, 2.75) is 38.2 Å². The molecular weight excluding hydrogens is 646 g/mol. The van der Waals surface area contributed by atoms with Crippen molar-refractivity contribution in [3.63, 3.8) is 0 Å². The monoisotopic (exact) mass is 684 g/mol. The maximum Gasteiger partial charge on any atom is 0.346 e. The molecule has 5 aromatic rings. The molecule has 5 aromatic carbocycles. The van der Waals surface area contributed by atoms with Gasteiger partial charge in [-0.3, -0.25) is 9.13 Å². The van der Waals surface area contributed by atoms with Gasteiger partial charge in [0.2, 0.25) is 0 Å². The van der Waals surface area contributed by atoms with E-state index >= 15 is 9.13 Å². The second-order valence-corrected chi connectivity index (χ2v) is 15.8. The van der Waals surface area contributed by atoms with E-state index in [4.69, 9.17) is 22.8 Å². The number of benzene rings is 5. The number of ether oxygens (including phenoxy) is 1. The standard InChI is InChI=1S/C38H38O8P2/c1-42-38(39)36-24-22-31(23-25-36)26-37(47(40,43-27-32-14-6-2-7-15-32)44-28-33-16-8-3-9-17-33)48(41,45-29-34-18-10-4-11-19-34)46-30-35-20-12-5-13-21-35/h2-25,37H,26-30H2,1H3. The Kier molecular flexibility index (Phi) is 12.7. The minimum absolute atomic E-state index is 0.0663. The van der Waals surface area contributed by atoms with Crippen LogP contribution in [0.25, 0.3) is 0 Å². The highest BCUT2D eigenvalue weighted by Crippen LogP contribution is 2.72. The van der Waals surface area contributed by atoms with Crippen molar-refractivity contribution in [3.8, 4) is 0 Å². The third-order valence-corrected chi connectivity index (χ3v) is 13.0. The van der Waals surface area contributed by atoms with Gasteiger partial charge in [-0.2, -0.15) is 0 Å². The largest absolute Gasteiger partial charge is 0.465 e. The van der Waals surface area contributed by atoms with Gasteiger partial charge in [-0.25, -0.2) is 4.79 Å². The van der Waals surface area contributed by atoms with Crippen molar-refractivity contribution in [2.75, 3.05) is 7.11 Å². The first-order valence-electron chi connectivity index (χ1n) is 15.5. The zero-order valence-corrected chi connectivity index (χ0v) is 28.4. The molecule has 0 aliphatic rings. The van der Waals surface area contributed by atoms with E-state index in [1.807, 2.05) is 121 Å². The molecule has 48 heavy (non-hydrogen) atoms. The molecule has 8 nitrogen and oxygen atoms in total. The first-order valence-corrected chi connectivity index (χ1v) is 18.7. The van der Waals surface area contributed by atoms with Gasteiger partial charge in [0.15, 0.2) is 5.40 Å². The molecule has 0 aromatic heterocycles. The fraction of sp³-hybridized carbons (Fsp3) is 0.184. The molecule has 0 heterocycles. The predicted octanol–water partition coefficient (Wildman–Crippen LogP) is 9.60. The van der Waals surface area contributed by atoms with Gasteiger partial charge >= 0.3 is 21.2 Å². The summed E-state index contributed by atoms with van der Waals surface area (Å²) >= 11 is 0. The van der Waals surface area contributed by atoms with Crippen LogP contribution in [0.15, 0.2) is 146 Å². The van der Waals surface area contributed by atoms with Crippen molar-refractivity contribution in [2.24, 2.45) is 0 Å². The average molecular weight is 685 g/mol. The van der Waals surface area contributed by atoms with Gasteiger partial charge in [0, 0.05) is 0 Å². The Morgan fingerprint density at radius 3 is 1.08 bits per heavy atom. The Morgan fingerprint density at radius 2 is 0.792 bits per heavy atom. The summed E-state index contributed by atoms with van der Waals surface area (Å²) in [6.07, 6.45) is -0.0663. The number of methoxy groups -OCH3 is 1.